The van der Waals surface area contributed by atoms with Gasteiger partial charge in [0.15, 0.2) is 4.77 Å². The topological polar surface area (TPSA) is 24.0 Å². The monoisotopic (exact) mass is 211 g/mol. The summed E-state index contributed by atoms with van der Waals surface area (Å²) in [6.45, 7) is 3.24. The van der Waals surface area contributed by atoms with Crippen molar-refractivity contribution in [2.75, 3.05) is 7.05 Å². The molecule has 2 rings (SSSR count). The van der Waals surface area contributed by atoms with Crippen molar-refractivity contribution in [2.24, 2.45) is 0 Å². The van der Waals surface area contributed by atoms with Crippen LogP contribution in [0.1, 0.15) is 19.8 Å². The second-order valence-electron chi connectivity index (χ2n) is 4.16. The average Bonchev–Trinajstić information content (AvgIpc) is 2.92. The lowest BCUT2D eigenvalue weighted by molar-refractivity contribution is 0.225. The van der Waals surface area contributed by atoms with Crippen molar-refractivity contribution in [3.63, 3.8) is 0 Å². The number of likely N-dealkylation sites (N-methyl/N-ethyl adjacent to an activating group) is 1. The number of nitrogens with zero attached hydrogens (tertiary/aromatic N) is 2. The Hall–Kier alpha value is -0.610. The van der Waals surface area contributed by atoms with Crippen molar-refractivity contribution in [3.05, 3.63) is 17.2 Å². The van der Waals surface area contributed by atoms with Gasteiger partial charge < -0.3 is 9.55 Å². The highest BCUT2D eigenvalue weighted by molar-refractivity contribution is 7.71. The summed E-state index contributed by atoms with van der Waals surface area (Å²) in [7, 11) is 2.21. The Kier molecular flexibility index (Phi) is 2.74. The van der Waals surface area contributed by atoms with Gasteiger partial charge >= 0.3 is 0 Å². The quantitative estimate of drug-likeness (QED) is 0.770. The van der Waals surface area contributed by atoms with E-state index in [1.807, 2.05) is 12.4 Å². The number of H-pyrrole nitrogens is 1. The van der Waals surface area contributed by atoms with E-state index in [4.69, 9.17) is 12.2 Å². The summed E-state index contributed by atoms with van der Waals surface area (Å²) < 4.78 is 2.92. The van der Waals surface area contributed by atoms with E-state index in [1.54, 1.807) is 0 Å². The first-order chi connectivity index (χ1) is 6.68. The highest BCUT2D eigenvalue weighted by atomic mass is 32.1. The normalized spacial score (nSPS) is 18.8. The SMILES string of the molecule is CC(Cn1cc[nH]c1=S)N(C)C1CC1. The van der Waals surface area contributed by atoms with Gasteiger partial charge in [-0.3, -0.25) is 4.90 Å². The fourth-order valence-electron chi connectivity index (χ4n) is 1.75. The Morgan fingerprint density at radius 1 is 1.71 bits per heavy atom. The molecule has 1 aromatic rings. The smallest absolute Gasteiger partial charge is 0.177 e. The summed E-state index contributed by atoms with van der Waals surface area (Å²) in [6, 6.07) is 1.38. The molecule has 1 N–H and O–H groups in total. The van der Waals surface area contributed by atoms with E-state index < -0.39 is 0 Å². The first-order valence-electron chi connectivity index (χ1n) is 5.14. The molecule has 0 saturated heterocycles. The minimum Gasteiger partial charge on any atom is -0.337 e. The van der Waals surface area contributed by atoms with Crippen LogP contribution in [0.2, 0.25) is 0 Å². The van der Waals surface area contributed by atoms with Crippen LogP contribution < -0.4 is 0 Å². The van der Waals surface area contributed by atoms with Gasteiger partial charge in [-0.1, -0.05) is 0 Å². The van der Waals surface area contributed by atoms with Crippen molar-refractivity contribution in [1.82, 2.24) is 14.5 Å². The number of aromatic amines is 1. The standard InChI is InChI=1S/C10H17N3S/c1-8(12(2)9-3-4-9)7-13-6-5-11-10(13)14/h5-6,8-9H,3-4,7H2,1-2H3,(H,11,14). The molecule has 3 nitrogen and oxygen atoms in total. The highest BCUT2D eigenvalue weighted by Gasteiger charge is 2.29. The van der Waals surface area contributed by atoms with Crippen LogP contribution in [0.3, 0.4) is 0 Å². The van der Waals surface area contributed by atoms with E-state index in [9.17, 15) is 0 Å². The zero-order valence-corrected chi connectivity index (χ0v) is 9.55. The second-order valence-corrected chi connectivity index (χ2v) is 4.55. The Morgan fingerprint density at radius 2 is 2.43 bits per heavy atom. The van der Waals surface area contributed by atoms with Gasteiger partial charge in [0, 0.05) is 31.0 Å². The molecule has 0 spiro atoms. The molecule has 1 aromatic heterocycles. The van der Waals surface area contributed by atoms with Gasteiger partial charge in [-0.2, -0.15) is 0 Å². The van der Waals surface area contributed by atoms with Gasteiger partial charge in [0.2, 0.25) is 0 Å². The molecule has 1 unspecified atom stereocenters. The van der Waals surface area contributed by atoms with E-state index >= 15 is 0 Å². The summed E-state index contributed by atoms with van der Waals surface area (Å²) in [4.78, 5) is 5.47. The number of rotatable bonds is 4. The molecule has 78 valence electrons. The summed E-state index contributed by atoms with van der Waals surface area (Å²) in [6.07, 6.45) is 6.63. The molecule has 0 aliphatic heterocycles. The first kappa shape index (κ1) is 9.93. The molecule has 1 fully saturated rings. The lowest BCUT2D eigenvalue weighted by atomic mass is 10.3. The molecule has 4 heteroatoms. The number of aromatic nitrogens is 2. The van der Waals surface area contributed by atoms with Crippen molar-refractivity contribution in [2.45, 2.75) is 38.4 Å². The number of hydrogen-bond acceptors (Lipinski definition) is 2. The molecule has 1 saturated carbocycles. The Labute approximate surface area is 89.7 Å². The molecule has 0 amide bonds. The predicted octanol–water partition coefficient (Wildman–Crippen LogP) is 2.03. The fraction of sp³-hybridized carbons (Fsp3) is 0.700. The largest absolute Gasteiger partial charge is 0.337 e. The Balaban J connectivity index is 1.96. The van der Waals surface area contributed by atoms with Crippen molar-refractivity contribution in [1.29, 1.82) is 0 Å². The summed E-state index contributed by atoms with van der Waals surface area (Å²) >= 11 is 5.16. The predicted molar refractivity (Wildman–Crippen MR) is 59.9 cm³/mol. The third-order valence-corrected chi connectivity index (χ3v) is 3.35. The average molecular weight is 211 g/mol. The molecule has 1 atom stereocenters. The summed E-state index contributed by atoms with van der Waals surface area (Å²) in [5, 5.41) is 0. The van der Waals surface area contributed by atoms with Gasteiger partial charge in [-0.15, -0.1) is 0 Å². The van der Waals surface area contributed by atoms with Crippen LogP contribution in [0.15, 0.2) is 12.4 Å². The van der Waals surface area contributed by atoms with Gasteiger partial charge in [0.25, 0.3) is 0 Å². The van der Waals surface area contributed by atoms with E-state index in [2.05, 4.69) is 28.4 Å². The zero-order chi connectivity index (χ0) is 10.1. The van der Waals surface area contributed by atoms with E-state index in [1.165, 1.54) is 12.8 Å². The summed E-state index contributed by atoms with van der Waals surface area (Å²) in [5.74, 6) is 0. The molecule has 0 bridgehead atoms. The third kappa shape index (κ3) is 2.07. The van der Waals surface area contributed by atoms with Crippen LogP contribution in [-0.2, 0) is 6.54 Å². The minimum absolute atomic E-state index is 0.560. The molecule has 0 radical (unpaired) electrons. The van der Waals surface area contributed by atoms with Crippen LogP contribution >= 0.6 is 12.2 Å². The van der Waals surface area contributed by atoms with E-state index in [-0.39, 0.29) is 0 Å². The lowest BCUT2D eigenvalue weighted by Crippen LogP contribution is -2.34. The Bertz CT molecular complexity index is 350. The van der Waals surface area contributed by atoms with Crippen molar-refractivity contribution in [3.8, 4) is 0 Å². The molecular weight excluding hydrogens is 194 g/mol. The number of imidazole rings is 1. The van der Waals surface area contributed by atoms with Crippen LogP contribution in [0.5, 0.6) is 0 Å². The zero-order valence-electron chi connectivity index (χ0n) is 8.73. The first-order valence-corrected chi connectivity index (χ1v) is 5.55. The maximum atomic E-state index is 5.16. The summed E-state index contributed by atoms with van der Waals surface area (Å²) in [5.41, 5.74) is 0. The number of nitrogens with one attached hydrogen (secondary N) is 1. The van der Waals surface area contributed by atoms with Crippen LogP contribution in [0, 0.1) is 4.77 Å². The lowest BCUT2D eigenvalue weighted by Gasteiger charge is -2.24. The van der Waals surface area contributed by atoms with Crippen LogP contribution in [0.25, 0.3) is 0 Å². The van der Waals surface area contributed by atoms with E-state index in [0.29, 0.717) is 6.04 Å². The minimum atomic E-state index is 0.560. The number of hydrogen-bond donors (Lipinski definition) is 1. The molecule has 14 heavy (non-hydrogen) atoms. The third-order valence-electron chi connectivity index (χ3n) is 3.00. The van der Waals surface area contributed by atoms with Crippen molar-refractivity contribution < 1.29 is 0 Å². The molecule has 1 aliphatic carbocycles. The van der Waals surface area contributed by atoms with Gasteiger partial charge in [0.1, 0.15) is 0 Å². The Morgan fingerprint density at radius 3 is 2.93 bits per heavy atom. The van der Waals surface area contributed by atoms with Crippen molar-refractivity contribution >= 4 is 12.2 Å². The fourth-order valence-corrected chi connectivity index (χ4v) is 1.95. The maximum absolute atomic E-state index is 5.16. The van der Waals surface area contributed by atoms with Gasteiger partial charge in [-0.05, 0) is 39.0 Å². The highest BCUT2D eigenvalue weighted by Crippen LogP contribution is 2.27. The van der Waals surface area contributed by atoms with Gasteiger partial charge in [-0.25, -0.2) is 0 Å². The maximum Gasteiger partial charge on any atom is 0.177 e. The van der Waals surface area contributed by atoms with E-state index in [0.717, 1.165) is 17.4 Å². The molecular formula is C10H17N3S. The van der Waals surface area contributed by atoms with Crippen LogP contribution in [-0.4, -0.2) is 33.6 Å². The molecule has 1 heterocycles. The van der Waals surface area contributed by atoms with Crippen LogP contribution in [0.4, 0.5) is 0 Å². The molecule has 1 aliphatic rings. The second kappa shape index (κ2) is 3.87. The van der Waals surface area contributed by atoms with Gasteiger partial charge in [0.05, 0.1) is 0 Å². The molecule has 0 aromatic carbocycles.